The van der Waals surface area contributed by atoms with E-state index in [4.69, 9.17) is 16.0 Å². The van der Waals surface area contributed by atoms with Gasteiger partial charge in [0.25, 0.3) is 5.69 Å². The lowest BCUT2D eigenvalue weighted by Crippen LogP contribution is -2.68. The highest BCUT2D eigenvalue weighted by Gasteiger charge is 2.14. The molecular weight excluding hydrogens is 484 g/mol. The van der Waals surface area contributed by atoms with Crippen LogP contribution < -0.4 is 20.5 Å². The van der Waals surface area contributed by atoms with Crippen LogP contribution in [0.15, 0.2) is 65.1 Å². The Hall–Kier alpha value is -4.51. The summed E-state index contributed by atoms with van der Waals surface area (Å²) in [4.78, 5) is 28.5. The van der Waals surface area contributed by atoms with Crippen LogP contribution in [0.3, 0.4) is 0 Å². The Labute approximate surface area is 212 Å². The molecule has 3 N–H and O–H groups in total. The summed E-state index contributed by atoms with van der Waals surface area (Å²) in [6.07, 6.45) is 1.61. The minimum absolute atomic E-state index is 0.0768. The molecule has 0 radical (unpaired) electrons. The van der Waals surface area contributed by atoms with Gasteiger partial charge in [0, 0.05) is 38.3 Å². The molecule has 0 saturated heterocycles. The maximum absolute atomic E-state index is 10.9. The number of aromatic nitrogens is 3. The van der Waals surface area contributed by atoms with E-state index in [9.17, 15) is 10.1 Å². The molecular formula is C24H24ClN8O3+. The van der Waals surface area contributed by atoms with E-state index in [2.05, 4.69) is 30.6 Å². The van der Waals surface area contributed by atoms with Crippen LogP contribution in [0, 0.1) is 10.1 Å². The van der Waals surface area contributed by atoms with Gasteiger partial charge in [-0.3, -0.25) is 15.1 Å². The highest BCUT2D eigenvalue weighted by molar-refractivity contribution is 6.33. The van der Waals surface area contributed by atoms with Crippen molar-refractivity contribution in [3.8, 4) is 11.3 Å². The van der Waals surface area contributed by atoms with Crippen molar-refractivity contribution in [3.05, 3.63) is 87.1 Å². The van der Waals surface area contributed by atoms with E-state index in [0.717, 1.165) is 5.56 Å². The molecule has 2 aromatic heterocycles. The summed E-state index contributed by atoms with van der Waals surface area (Å²) in [7, 11) is 3.71. The number of anilines is 3. The largest absolute Gasteiger partial charge is 0.457 e. The normalized spacial score (nSPS) is 11.0. The molecule has 0 bridgehead atoms. The maximum Gasteiger partial charge on any atom is 0.325 e. The molecule has 0 atom stereocenters. The Bertz CT molecular complexity index is 1380. The van der Waals surface area contributed by atoms with Crippen LogP contribution in [0.5, 0.6) is 0 Å². The SMILES string of the molecule is CN(C)c1nc(NC=[NH+]Cc2ccc(-c3ccc([N+](=O)[O-])cc3Cl)o2)nc(NCc2ccccc2)n1. The van der Waals surface area contributed by atoms with E-state index >= 15 is 0 Å². The molecule has 0 saturated carbocycles. The van der Waals surface area contributed by atoms with Crippen molar-refractivity contribution >= 4 is 41.5 Å². The van der Waals surface area contributed by atoms with Crippen molar-refractivity contribution in [1.82, 2.24) is 15.0 Å². The summed E-state index contributed by atoms with van der Waals surface area (Å²) in [5.74, 6) is 2.49. The Morgan fingerprint density at radius 3 is 2.58 bits per heavy atom. The van der Waals surface area contributed by atoms with Gasteiger partial charge >= 0.3 is 5.95 Å². The summed E-state index contributed by atoms with van der Waals surface area (Å²) >= 11 is 6.19. The molecule has 0 aliphatic rings. The molecule has 2 heterocycles. The molecule has 36 heavy (non-hydrogen) atoms. The fourth-order valence-electron chi connectivity index (χ4n) is 3.19. The monoisotopic (exact) mass is 507 g/mol. The van der Waals surface area contributed by atoms with Crippen molar-refractivity contribution in [2.24, 2.45) is 0 Å². The van der Waals surface area contributed by atoms with Crippen LogP contribution in [0.25, 0.3) is 11.3 Å². The number of hydrogen-bond donors (Lipinski definition) is 3. The average Bonchev–Trinajstić information content (AvgIpc) is 3.34. The first-order valence-electron chi connectivity index (χ1n) is 10.9. The lowest BCUT2D eigenvalue weighted by molar-refractivity contribution is -0.472. The van der Waals surface area contributed by atoms with Gasteiger partial charge in [-0.25, -0.2) is 5.32 Å². The van der Waals surface area contributed by atoms with Crippen LogP contribution >= 0.6 is 11.6 Å². The minimum Gasteiger partial charge on any atom is -0.457 e. The first-order chi connectivity index (χ1) is 17.4. The standard InChI is InChI=1S/C24H23ClN8O3/c1-32(2)24-30-22(27-13-16-6-4-3-5-7-16)29-23(31-24)28-15-26-14-18-9-11-21(36-18)19-10-8-17(33(34)35)12-20(19)25/h3-12,15H,13-14H2,1-2H3,(H2,26,27,28,29,30,31)/p+1. The van der Waals surface area contributed by atoms with E-state index in [1.54, 1.807) is 29.4 Å². The minimum atomic E-state index is -0.494. The molecule has 0 unspecified atom stereocenters. The quantitative estimate of drug-likeness (QED) is 0.128. The van der Waals surface area contributed by atoms with Crippen LogP contribution in [0.2, 0.25) is 5.02 Å². The van der Waals surface area contributed by atoms with E-state index in [1.165, 1.54) is 12.1 Å². The number of furan rings is 1. The molecule has 4 rings (SSSR count). The lowest BCUT2D eigenvalue weighted by atomic mass is 10.1. The molecule has 184 valence electrons. The third-order valence-electron chi connectivity index (χ3n) is 4.99. The van der Waals surface area contributed by atoms with Crippen LogP contribution in [0.1, 0.15) is 11.3 Å². The number of nitrogens with one attached hydrogen (secondary N) is 3. The predicted octanol–water partition coefficient (Wildman–Crippen LogP) is 3.09. The zero-order valence-electron chi connectivity index (χ0n) is 19.6. The third-order valence-corrected chi connectivity index (χ3v) is 5.30. The number of benzene rings is 2. The number of rotatable bonds is 10. The van der Waals surface area contributed by atoms with Crippen molar-refractivity contribution in [3.63, 3.8) is 0 Å². The van der Waals surface area contributed by atoms with Crippen LogP contribution in [-0.2, 0) is 13.1 Å². The number of halogens is 1. The van der Waals surface area contributed by atoms with Crippen molar-refractivity contribution in [2.75, 3.05) is 29.6 Å². The van der Waals surface area contributed by atoms with E-state index in [1.807, 2.05) is 44.4 Å². The second-order valence-corrected chi connectivity index (χ2v) is 8.28. The second-order valence-electron chi connectivity index (χ2n) is 7.87. The van der Waals surface area contributed by atoms with Gasteiger partial charge in [0.05, 0.1) is 9.95 Å². The van der Waals surface area contributed by atoms with Gasteiger partial charge in [-0.15, -0.1) is 0 Å². The molecule has 0 fully saturated rings. The number of nitro groups is 1. The van der Waals surface area contributed by atoms with Gasteiger partial charge in [-0.05, 0) is 23.8 Å². The topological polar surface area (TPSA) is 136 Å². The third kappa shape index (κ3) is 6.33. The second kappa shape index (κ2) is 11.3. The zero-order valence-corrected chi connectivity index (χ0v) is 20.4. The van der Waals surface area contributed by atoms with Gasteiger partial charge in [0.2, 0.25) is 18.2 Å². The lowest BCUT2D eigenvalue weighted by Gasteiger charge is -2.12. The first kappa shape index (κ1) is 24.6. The van der Waals surface area contributed by atoms with Crippen molar-refractivity contribution < 1.29 is 14.3 Å². The number of non-ortho nitro benzene ring substituents is 1. The van der Waals surface area contributed by atoms with Gasteiger partial charge in [-0.1, -0.05) is 41.9 Å². The predicted molar refractivity (Wildman–Crippen MR) is 138 cm³/mol. The Morgan fingerprint density at radius 2 is 1.86 bits per heavy atom. The van der Waals surface area contributed by atoms with Crippen LogP contribution in [0.4, 0.5) is 23.5 Å². The highest BCUT2D eigenvalue weighted by atomic mass is 35.5. The summed E-state index contributed by atoms with van der Waals surface area (Å²) in [6.45, 7) is 0.959. The zero-order chi connectivity index (χ0) is 25.5. The summed E-state index contributed by atoms with van der Waals surface area (Å²) in [5, 5.41) is 17.4. The van der Waals surface area contributed by atoms with Gasteiger partial charge in [-0.2, -0.15) is 15.0 Å². The molecule has 11 nitrogen and oxygen atoms in total. The molecule has 4 aromatic rings. The Balaban J connectivity index is 1.39. The molecule has 12 heteroatoms. The van der Waals surface area contributed by atoms with Gasteiger partial charge in [0.15, 0.2) is 0 Å². The first-order valence-corrected chi connectivity index (χ1v) is 11.3. The summed E-state index contributed by atoms with van der Waals surface area (Å²) < 4.78 is 5.82. The smallest absolute Gasteiger partial charge is 0.325 e. The van der Waals surface area contributed by atoms with E-state index < -0.39 is 4.92 Å². The summed E-state index contributed by atoms with van der Waals surface area (Å²) in [6, 6.07) is 17.8. The van der Waals surface area contributed by atoms with Crippen molar-refractivity contribution in [1.29, 1.82) is 0 Å². The fourth-order valence-corrected chi connectivity index (χ4v) is 3.46. The van der Waals surface area contributed by atoms with Crippen molar-refractivity contribution in [2.45, 2.75) is 13.1 Å². The number of nitrogens with zero attached hydrogens (tertiary/aromatic N) is 5. The Morgan fingerprint density at radius 1 is 1.08 bits per heavy atom. The maximum atomic E-state index is 10.9. The summed E-state index contributed by atoms with van der Waals surface area (Å²) in [5.41, 5.74) is 1.61. The number of nitro benzene ring substituents is 1. The van der Waals surface area contributed by atoms with E-state index in [-0.39, 0.29) is 10.7 Å². The highest BCUT2D eigenvalue weighted by Crippen LogP contribution is 2.32. The van der Waals surface area contributed by atoms with Crippen LogP contribution in [-0.4, -0.2) is 40.3 Å². The molecule has 0 aliphatic heterocycles. The molecule has 0 aliphatic carbocycles. The number of hydrogen-bond acceptors (Lipinski definition) is 8. The van der Waals surface area contributed by atoms with Gasteiger partial charge < -0.3 is 14.6 Å². The van der Waals surface area contributed by atoms with Gasteiger partial charge in [0.1, 0.15) is 18.1 Å². The molecule has 2 aromatic carbocycles. The average molecular weight is 508 g/mol. The molecule has 0 amide bonds. The van der Waals surface area contributed by atoms with E-state index in [0.29, 0.717) is 48.0 Å². The molecule has 0 spiro atoms. The fraction of sp³-hybridized carbons (Fsp3) is 0.167. The Kier molecular flexibility index (Phi) is 7.71.